The van der Waals surface area contributed by atoms with Gasteiger partial charge in [-0.1, -0.05) is 0 Å². The number of piperidine rings is 1. The van der Waals surface area contributed by atoms with Crippen LogP contribution in [0.4, 0.5) is 20.3 Å². The average Bonchev–Trinajstić information content (AvgIpc) is 3.10. The first-order valence-corrected chi connectivity index (χ1v) is 10.8. The average molecular weight is 442 g/mol. The second-order valence-corrected chi connectivity index (χ2v) is 8.47. The summed E-state index contributed by atoms with van der Waals surface area (Å²) in [6.45, 7) is 1.33. The number of pyridine rings is 2. The van der Waals surface area contributed by atoms with Gasteiger partial charge in [0.2, 0.25) is 6.43 Å². The Balaban J connectivity index is 1.43. The third-order valence-corrected chi connectivity index (χ3v) is 6.34. The molecule has 3 aromatic rings. The fraction of sp³-hybridized carbons (Fsp3) is 0.455. The first-order chi connectivity index (χ1) is 15.4. The van der Waals surface area contributed by atoms with Crippen molar-refractivity contribution >= 4 is 23.1 Å². The summed E-state index contributed by atoms with van der Waals surface area (Å²) in [4.78, 5) is 33.2. The van der Waals surface area contributed by atoms with Gasteiger partial charge in [0.25, 0.3) is 5.91 Å². The molecule has 1 fully saturated rings. The van der Waals surface area contributed by atoms with Gasteiger partial charge in [-0.25, -0.2) is 23.2 Å². The molecule has 1 atom stereocenters. The first kappa shape index (κ1) is 20.6. The van der Waals surface area contributed by atoms with Crippen molar-refractivity contribution in [2.45, 2.75) is 32.1 Å². The minimum absolute atomic E-state index is 0.0865. The number of aryl methyl sites for hydroxylation is 2. The van der Waals surface area contributed by atoms with E-state index in [0.29, 0.717) is 30.6 Å². The highest BCUT2D eigenvalue weighted by atomic mass is 19.3. The number of halogens is 2. The SMILES string of the molecule is Cn1nc2cc(N3CCCc4cc(C(=O)N5CCC[C@@H](C(F)F)C5)cnc43)ccn2c1=O. The summed E-state index contributed by atoms with van der Waals surface area (Å²) >= 11 is 0. The van der Waals surface area contributed by atoms with Crippen molar-refractivity contribution in [1.82, 2.24) is 24.1 Å². The van der Waals surface area contributed by atoms with Crippen LogP contribution in [0.15, 0.2) is 35.4 Å². The molecule has 1 amide bonds. The Morgan fingerprint density at radius 3 is 2.88 bits per heavy atom. The zero-order chi connectivity index (χ0) is 22.4. The van der Waals surface area contributed by atoms with E-state index < -0.39 is 12.3 Å². The molecule has 8 nitrogen and oxygen atoms in total. The van der Waals surface area contributed by atoms with E-state index in [1.54, 1.807) is 13.2 Å². The molecule has 0 saturated carbocycles. The predicted molar refractivity (Wildman–Crippen MR) is 115 cm³/mol. The molecular weight excluding hydrogens is 418 g/mol. The van der Waals surface area contributed by atoms with Crippen molar-refractivity contribution in [3.63, 3.8) is 0 Å². The molecule has 5 heterocycles. The van der Waals surface area contributed by atoms with Crippen LogP contribution in [-0.4, -0.2) is 56.0 Å². The highest BCUT2D eigenvalue weighted by molar-refractivity contribution is 5.94. The highest BCUT2D eigenvalue weighted by Crippen LogP contribution is 2.33. The van der Waals surface area contributed by atoms with E-state index in [1.165, 1.54) is 20.2 Å². The van der Waals surface area contributed by atoms with Crippen LogP contribution in [0, 0.1) is 5.92 Å². The Hall–Kier alpha value is -3.30. The maximum atomic E-state index is 13.1. The first-order valence-electron chi connectivity index (χ1n) is 10.8. The van der Waals surface area contributed by atoms with E-state index in [4.69, 9.17) is 0 Å². The van der Waals surface area contributed by atoms with Crippen molar-refractivity contribution in [3.8, 4) is 0 Å². The molecule has 0 aromatic carbocycles. The molecule has 5 rings (SSSR count). The quantitative estimate of drug-likeness (QED) is 0.623. The van der Waals surface area contributed by atoms with Crippen LogP contribution < -0.4 is 10.6 Å². The van der Waals surface area contributed by atoms with Crippen LogP contribution in [0.1, 0.15) is 35.2 Å². The molecule has 10 heteroatoms. The lowest BCUT2D eigenvalue weighted by Crippen LogP contribution is -2.42. The standard InChI is InChI=1S/C22H24F2N6O2/c1-27-22(32)30-9-6-17(11-18(30)26-27)29-8-3-4-14-10-16(12-25-20(14)29)21(31)28-7-2-5-15(13-28)19(23)24/h6,9-12,15,19H,2-5,7-8,13H2,1H3/t15-/m1/s1. The summed E-state index contributed by atoms with van der Waals surface area (Å²) in [6, 6.07) is 5.53. The van der Waals surface area contributed by atoms with Crippen molar-refractivity contribution in [2.24, 2.45) is 13.0 Å². The Morgan fingerprint density at radius 1 is 1.22 bits per heavy atom. The van der Waals surface area contributed by atoms with Gasteiger partial charge in [-0.05, 0) is 43.4 Å². The number of hydrogen-bond donors (Lipinski definition) is 0. The lowest BCUT2D eigenvalue weighted by Gasteiger charge is -2.33. The summed E-state index contributed by atoms with van der Waals surface area (Å²) in [5.41, 5.74) is 2.59. The van der Waals surface area contributed by atoms with Gasteiger partial charge in [0.05, 0.1) is 5.56 Å². The number of anilines is 2. The number of rotatable bonds is 3. The molecule has 0 radical (unpaired) electrons. The van der Waals surface area contributed by atoms with E-state index in [-0.39, 0.29) is 18.1 Å². The molecule has 2 aliphatic heterocycles. The molecule has 0 N–H and O–H groups in total. The van der Waals surface area contributed by atoms with Crippen molar-refractivity contribution in [3.05, 3.63) is 52.2 Å². The summed E-state index contributed by atoms with van der Waals surface area (Å²) < 4.78 is 29.0. The largest absolute Gasteiger partial charge is 0.350 e. The summed E-state index contributed by atoms with van der Waals surface area (Å²) in [6.07, 6.45) is 3.52. The minimum Gasteiger partial charge on any atom is -0.338 e. The number of carbonyl (C=O) groups excluding carboxylic acids is 1. The highest BCUT2D eigenvalue weighted by Gasteiger charge is 2.31. The van der Waals surface area contributed by atoms with Gasteiger partial charge >= 0.3 is 5.69 Å². The van der Waals surface area contributed by atoms with Crippen LogP contribution in [0.2, 0.25) is 0 Å². The number of fused-ring (bicyclic) bond motifs is 2. The van der Waals surface area contributed by atoms with Crippen LogP contribution in [-0.2, 0) is 13.5 Å². The number of aromatic nitrogens is 4. The summed E-state index contributed by atoms with van der Waals surface area (Å²) in [7, 11) is 1.61. The smallest absolute Gasteiger partial charge is 0.338 e. The van der Waals surface area contributed by atoms with Crippen molar-refractivity contribution in [1.29, 1.82) is 0 Å². The van der Waals surface area contributed by atoms with Gasteiger partial charge in [-0.2, -0.15) is 5.10 Å². The van der Waals surface area contributed by atoms with E-state index in [0.717, 1.165) is 36.5 Å². The second kappa shape index (κ2) is 7.99. The number of alkyl halides is 2. The Labute approximate surface area is 183 Å². The lowest BCUT2D eigenvalue weighted by atomic mass is 9.97. The van der Waals surface area contributed by atoms with Crippen LogP contribution >= 0.6 is 0 Å². The molecule has 2 aliphatic rings. The topological polar surface area (TPSA) is 75.7 Å². The van der Waals surface area contributed by atoms with E-state index in [9.17, 15) is 18.4 Å². The summed E-state index contributed by atoms with van der Waals surface area (Å²) in [5.74, 6) is -0.237. The van der Waals surface area contributed by atoms with Gasteiger partial charge in [-0.15, -0.1) is 0 Å². The fourth-order valence-electron chi connectivity index (χ4n) is 4.65. The third kappa shape index (κ3) is 3.53. The molecule has 0 unspecified atom stereocenters. The van der Waals surface area contributed by atoms with Crippen LogP contribution in [0.5, 0.6) is 0 Å². The monoisotopic (exact) mass is 442 g/mol. The van der Waals surface area contributed by atoms with Gasteiger partial charge in [0.15, 0.2) is 5.65 Å². The number of amides is 1. The van der Waals surface area contributed by atoms with E-state index in [1.807, 2.05) is 18.2 Å². The second-order valence-electron chi connectivity index (χ2n) is 8.47. The normalized spacial score (nSPS) is 18.9. The molecule has 0 aliphatic carbocycles. The summed E-state index contributed by atoms with van der Waals surface area (Å²) in [5, 5.41) is 4.25. The molecule has 1 saturated heterocycles. The maximum Gasteiger partial charge on any atom is 0.350 e. The zero-order valence-corrected chi connectivity index (χ0v) is 17.7. The Morgan fingerprint density at radius 2 is 2.06 bits per heavy atom. The van der Waals surface area contributed by atoms with Crippen LogP contribution in [0.3, 0.4) is 0 Å². The number of hydrogen-bond acceptors (Lipinski definition) is 5. The zero-order valence-electron chi connectivity index (χ0n) is 17.7. The third-order valence-electron chi connectivity index (χ3n) is 6.34. The van der Waals surface area contributed by atoms with Gasteiger partial charge in [0.1, 0.15) is 5.82 Å². The number of likely N-dealkylation sites (tertiary alicyclic amines) is 1. The molecule has 0 spiro atoms. The Kier molecular flexibility index (Phi) is 5.15. The van der Waals surface area contributed by atoms with Crippen molar-refractivity contribution in [2.75, 3.05) is 24.5 Å². The number of carbonyl (C=O) groups is 1. The maximum absolute atomic E-state index is 13.1. The molecule has 0 bridgehead atoms. The predicted octanol–water partition coefficient (Wildman–Crippen LogP) is 2.63. The fourth-order valence-corrected chi connectivity index (χ4v) is 4.65. The minimum atomic E-state index is -2.41. The van der Waals surface area contributed by atoms with Crippen molar-refractivity contribution < 1.29 is 13.6 Å². The van der Waals surface area contributed by atoms with Gasteiger partial charge in [-0.3, -0.25) is 9.20 Å². The van der Waals surface area contributed by atoms with E-state index >= 15 is 0 Å². The molecule has 168 valence electrons. The number of nitrogens with zero attached hydrogens (tertiary/aromatic N) is 6. The van der Waals surface area contributed by atoms with E-state index in [2.05, 4.69) is 15.0 Å². The molecular formula is C22H24F2N6O2. The van der Waals surface area contributed by atoms with Crippen LogP contribution in [0.25, 0.3) is 5.65 Å². The lowest BCUT2D eigenvalue weighted by molar-refractivity contribution is 0.0253. The van der Waals surface area contributed by atoms with Gasteiger partial charge in [0, 0.05) is 56.7 Å². The van der Waals surface area contributed by atoms with Gasteiger partial charge < -0.3 is 9.80 Å². The molecule has 3 aromatic heterocycles. The Bertz CT molecular complexity index is 1240. The molecule has 32 heavy (non-hydrogen) atoms.